The van der Waals surface area contributed by atoms with Gasteiger partial charge in [0.05, 0.1) is 17.4 Å². The molecule has 6 nitrogen and oxygen atoms in total. The number of rotatable bonds is 4. The van der Waals surface area contributed by atoms with E-state index in [2.05, 4.69) is 10.3 Å². The Kier molecular flexibility index (Phi) is 2.98. The van der Waals surface area contributed by atoms with Crippen molar-refractivity contribution in [3.8, 4) is 0 Å². The Morgan fingerprint density at radius 2 is 2.15 bits per heavy atom. The maximum atomic E-state index is 12.2. The van der Waals surface area contributed by atoms with Crippen LogP contribution in [0.5, 0.6) is 0 Å². The summed E-state index contributed by atoms with van der Waals surface area (Å²) in [5.74, 6) is -1.33. The molecule has 2 N–H and O–H groups in total. The van der Waals surface area contributed by atoms with Gasteiger partial charge in [0, 0.05) is 18.4 Å². The first-order valence-corrected chi connectivity index (χ1v) is 6.31. The summed E-state index contributed by atoms with van der Waals surface area (Å²) >= 11 is 0. The van der Waals surface area contributed by atoms with Gasteiger partial charge in [0.15, 0.2) is 0 Å². The van der Waals surface area contributed by atoms with Crippen molar-refractivity contribution in [3.05, 3.63) is 48.0 Å². The summed E-state index contributed by atoms with van der Waals surface area (Å²) in [6, 6.07) is 5.38. The van der Waals surface area contributed by atoms with Crippen molar-refractivity contribution in [2.45, 2.75) is 18.9 Å². The van der Waals surface area contributed by atoms with Gasteiger partial charge in [0.2, 0.25) is 0 Å². The maximum Gasteiger partial charge on any atom is 0.337 e. The molecule has 6 heteroatoms. The minimum absolute atomic E-state index is 0.0420. The van der Waals surface area contributed by atoms with Gasteiger partial charge in [-0.2, -0.15) is 0 Å². The Morgan fingerprint density at radius 1 is 1.35 bits per heavy atom. The van der Waals surface area contributed by atoms with Crippen LogP contribution in [0.1, 0.15) is 39.7 Å². The average molecular weight is 271 g/mol. The Balaban J connectivity index is 1.80. The maximum absolute atomic E-state index is 12.2. The molecule has 20 heavy (non-hydrogen) atoms. The van der Waals surface area contributed by atoms with Crippen LogP contribution >= 0.6 is 0 Å². The van der Waals surface area contributed by atoms with E-state index in [1.165, 1.54) is 18.5 Å². The standard InChI is InChI=1S/C14H13N3O3/c18-13(12-2-1-5-17(12)11-3-4-11)16-10-6-9(14(19)20)7-15-8-10/h1-2,5-8,11H,3-4H2,(H,16,18)(H,19,20). The molecule has 2 aromatic heterocycles. The number of nitrogens with one attached hydrogen (secondary N) is 1. The van der Waals surface area contributed by atoms with Crippen LogP contribution in [-0.2, 0) is 0 Å². The zero-order valence-electron chi connectivity index (χ0n) is 10.6. The van der Waals surface area contributed by atoms with Gasteiger partial charge in [-0.25, -0.2) is 4.79 Å². The zero-order valence-corrected chi connectivity index (χ0v) is 10.6. The van der Waals surface area contributed by atoms with E-state index in [-0.39, 0.29) is 11.5 Å². The molecule has 1 aliphatic rings. The highest BCUT2D eigenvalue weighted by molar-refractivity contribution is 6.03. The third-order valence-electron chi connectivity index (χ3n) is 3.19. The summed E-state index contributed by atoms with van der Waals surface area (Å²) in [6.07, 6.45) is 6.73. The molecule has 1 amide bonds. The molecule has 0 spiro atoms. The Hall–Kier alpha value is -2.63. The van der Waals surface area contributed by atoms with Crippen molar-refractivity contribution in [2.75, 3.05) is 5.32 Å². The van der Waals surface area contributed by atoms with Crippen LogP contribution in [-0.4, -0.2) is 26.5 Å². The van der Waals surface area contributed by atoms with Gasteiger partial charge >= 0.3 is 5.97 Å². The number of hydrogen-bond acceptors (Lipinski definition) is 3. The topological polar surface area (TPSA) is 84.2 Å². The van der Waals surface area contributed by atoms with Crippen molar-refractivity contribution < 1.29 is 14.7 Å². The molecule has 0 bridgehead atoms. The largest absolute Gasteiger partial charge is 0.478 e. The second kappa shape index (κ2) is 4.80. The normalized spacial score (nSPS) is 14.0. The first kappa shape index (κ1) is 12.4. The molecule has 0 aliphatic heterocycles. The lowest BCUT2D eigenvalue weighted by molar-refractivity contribution is 0.0696. The lowest BCUT2D eigenvalue weighted by Gasteiger charge is -2.08. The number of nitrogens with zero attached hydrogens (tertiary/aromatic N) is 2. The van der Waals surface area contributed by atoms with Gasteiger partial charge in [-0.05, 0) is 31.0 Å². The number of anilines is 1. The molecule has 0 saturated heterocycles. The van der Waals surface area contributed by atoms with Crippen LogP contribution in [0, 0.1) is 0 Å². The number of hydrogen-bond donors (Lipinski definition) is 2. The number of aromatic nitrogens is 2. The molecule has 1 aliphatic carbocycles. The quantitative estimate of drug-likeness (QED) is 0.892. The van der Waals surface area contributed by atoms with Crippen molar-refractivity contribution >= 4 is 17.6 Å². The van der Waals surface area contributed by atoms with E-state index in [4.69, 9.17) is 5.11 Å². The van der Waals surface area contributed by atoms with E-state index >= 15 is 0 Å². The summed E-state index contributed by atoms with van der Waals surface area (Å²) in [4.78, 5) is 26.9. The second-order valence-corrected chi connectivity index (χ2v) is 4.75. The summed E-state index contributed by atoms with van der Waals surface area (Å²) in [5, 5.41) is 11.6. The van der Waals surface area contributed by atoms with Crippen molar-refractivity contribution in [1.82, 2.24) is 9.55 Å². The molecule has 0 atom stereocenters. The summed E-state index contributed by atoms with van der Waals surface area (Å²) in [6.45, 7) is 0. The van der Waals surface area contributed by atoms with Crippen molar-refractivity contribution in [1.29, 1.82) is 0 Å². The van der Waals surface area contributed by atoms with Crippen LogP contribution in [0.2, 0.25) is 0 Å². The molecule has 1 fully saturated rings. The Bertz CT molecular complexity index is 674. The molecule has 2 aromatic rings. The van der Waals surface area contributed by atoms with E-state index in [0.29, 0.717) is 17.4 Å². The van der Waals surface area contributed by atoms with Gasteiger partial charge in [-0.1, -0.05) is 0 Å². The highest BCUT2D eigenvalue weighted by Crippen LogP contribution is 2.36. The minimum Gasteiger partial charge on any atom is -0.478 e. The third kappa shape index (κ3) is 2.40. The second-order valence-electron chi connectivity index (χ2n) is 4.75. The lowest BCUT2D eigenvalue weighted by Crippen LogP contribution is -2.16. The van der Waals surface area contributed by atoms with Gasteiger partial charge in [-0.15, -0.1) is 0 Å². The molecule has 0 radical (unpaired) electrons. The minimum atomic E-state index is -1.07. The average Bonchev–Trinajstić information content (AvgIpc) is 3.16. The number of aromatic carboxylic acids is 1. The molecule has 102 valence electrons. The number of carbonyl (C=O) groups is 2. The van der Waals surface area contributed by atoms with E-state index in [1.807, 2.05) is 16.8 Å². The predicted octanol–water partition coefficient (Wildman–Crippen LogP) is 2.17. The van der Waals surface area contributed by atoms with Crippen LogP contribution in [0.25, 0.3) is 0 Å². The number of pyridine rings is 1. The van der Waals surface area contributed by atoms with Gasteiger partial charge in [-0.3, -0.25) is 9.78 Å². The van der Waals surface area contributed by atoms with Crippen molar-refractivity contribution in [2.24, 2.45) is 0 Å². The number of carboxylic acids is 1. The fraction of sp³-hybridized carbons (Fsp3) is 0.214. The number of carboxylic acid groups (broad SMARTS) is 1. The van der Waals surface area contributed by atoms with E-state index in [1.54, 1.807) is 6.07 Å². The number of amides is 1. The lowest BCUT2D eigenvalue weighted by atomic mass is 10.2. The Morgan fingerprint density at radius 3 is 2.85 bits per heavy atom. The summed E-state index contributed by atoms with van der Waals surface area (Å²) < 4.78 is 1.95. The Labute approximate surface area is 115 Å². The fourth-order valence-electron chi connectivity index (χ4n) is 2.08. The van der Waals surface area contributed by atoms with Crippen LogP contribution in [0.15, 0.2) is 36.8 Å². The van der Waals surface area contributed by atoms with Gasteiger partial charge in [0.25, 0.3) is 5.91 Å². The molecule has 0 unspecified atom stereocenters. The third-order valence-corrected chi connectivity index (χ3v) is 3.19. The molecular weight excluding hydrogens is 258 g/mol. The SMILES string of the molecule is O=C(O)c1cncc(NC(=O)c2cccn2C2CC2)c1. The van der Waals surface area contributed by atoms with E-state index in [0.717, 1.165) is 12.8 Å². The van der Waals surface area contributed by atoms with E-state index in [9.17, 15) is 9.59 Å². The summed E-state index contributed by atoms with van der Waals surface area (Å²) in [5.41, 5.74) is 0.993. The first-order chi connectivity index (χ1) is 9.65. The zero-order chi connectivity index (χ0) is 14.1. The monoisotopic (exact) mass is 271 g/mol. The molecular formula is C14H13N3O3. The van der Waals surface area contributed by atoms with Crippen LogP contribution in [0.4, 0.5) is 5.69 Å². The predicted molar refractivity (Wildman–Crippen MR) is 71.9 cm³/mol. The molecule has 2 heterocycles. The van der Waals surface area contributed by atoms with Crippen LogP contribution in [0.3, 0.4) is 0 Å². The molecule has 3 rings (SSSR count). The number of carbonyl (C=O) groups excluding carboxylic acids is 1. The first-order valence-electron chi connectivity index (χ1n) is 6.31. The highest BCUT2D eigenvalue weighted by atomic mass is 16.4. The highest BCUT2D eigenvalue weighted by Gasteiger charge is 2.26. The summed E-state index contributed by atoms with van der Waals surface area (Å²) in [7, 11) is 0. The van der Waals surface area contributed by atoms with Gasteiger partial charge < -0.3 is 15.0 Å². The smallest absolute Gasteiger partial charge is 0.337 e. The fourth-order valence-corrected chi connectivity index (χ4v) is 2.08. The van der Waals surface area contributed by atoms with Crippen LogP contribution < -0.4 is 5.32 Å². The molecule has 0 aromatic carbocycles. The van der Waals surface area contributed by atoms with Crippen molar-refractivity contribution in [3.63, 3.8) is 0 Å². The van der Waals surface area contributed by atoms with E-state index < -0.39 is 5.97 Å². The van der Waals surface area contributed by atoms with Gasteiger partial charge in [0.1, 0.15) is 5.69 Å². The molecule has 1 saturated carbocycles.